The van der Waals surface area contributed by atoms with Crippen LogP contribution in [0.5, 0.6) is 0 Å². The van der Waals surface area contributed by atoms with E-state index < -0.39 is 0 Å². The minimum atomic E-state index is 0.618. The molecule has 1 N–H and O–H groups in total. The summed E-state index contributed by atoms with van der Waals surface area (Å²) in [7, 11) is 1.68. The molecule has 5 heteroatoms. The van der Waals surface area contributed by atoms with Gasteiger partial charge >= 0.3 is 0 Å². The highest BCUT2D eigenvalue weighted by atomic mass is 15.2. The number of aryl methyl sites for hydroxylation is 1. The molecule has 0 aliphatic rings. The Morgan fingerprint density at radius 3 is 2.76 bits per heavy atom. The third-order valence-electron chi connectivity index (χ3n) is 2.35. The topological polar surface area (TPSA) is 64.8 Å². The summed E-state index contributed by atoms with van der Waals surface area (Å²) in [5.74, 6) is 2.71. The number of hydrogen-bond donors (Lipinski definition) is 1. The van der Waals surface area contributed by atoms with E-state index in [1.165, 1.54) is 4.90 Å². The van der Waals surface area contributed by atoms with Crippen molar-refractivity contribution in [3.8, 4) is 6.19 Å². The number of nitrogens with zero attached hydrogens (tertiary/aromatic N) is 4. The second-order valence-corrected chi connectivity index (χ2v) is 4.43. The molecular formula is C12H19N5. The number of hydrogen-bond acceptors (Lipinski definition) is 5. The summed E-state index contributed by atoms with van der Waals surface area (Å²) in [6.07, 6.45) is 3.12. The molecule has 0 aliphatic heterocycles. The van der Waals surface area contributed by atoms with Crippen LogP contribution >= 0.6 is 0 Å². The lowest BCUT2D eigenvalue weighted by atomic mass is 10.1. The first-order valence-corrected chi connectivity index (χ1v) is 5.76. The van der Waals surface area contributed by atoms with E-state index in [1.54, 1.807) is 13.1 Å². The molecule has 0 aliphatic carbocycles. The van der Waals surface area contributed by atoms with Gasteiger partial charge in [0.25, 0.3) is 0 Å². The SMILES string of the molecule is Cc1nc(NCCC(C)C)cc(N(C)C#N)n1. The minimum absolute atomic E-state index is 0.618. The summed E-state index contributed by atoms with van der Waals surface area (Å²) in [4.78, 5) is 9.91. The van der Waals surface area contributed by atoms with E-state index in [0.29, 0.717) is 17.6 Å². The van der Waals surface area contributed by atoms with Gasteiger partial charge in [-0.05, 0) is 19.3 Å². The first-order chi connectivity index (χ1) is 8.02. The molecule has 0 saturated heterocycles. The first kappa shape index (κ1) is 13.2. The van der Waals surface area contributed by atoms with Gasteiger partial charge in [0.15, 0.2) is 6.19 Å². The Bertz CT molecular complexity index is 408. The Balaban J connectivity index is 2.73. The Morgan fingerprint density at radius 2 is 2.18 bits per heavy atom. The molecule has 0 fully saturated rings. The number of nitrogens with one attached hydrogen (secondary N) is 1. The van der Waals surface area contributed by atoms with Gasteiger partial charge in [0.05, 0.1) is 0 Å². The third kappa shape index (κ3) is 4.27. The fourth-order valence-electron chi connectivity index (χ4n) is 1.35. The highest BCUT2D eigenvalue weighted by Crippen LogP contribution is 2.14. The Morgan fingerprint density at radius 1 is 1.47 bits per heavy atom. The van der Waals surface area contributed by atoms with Crippen molar-refractivity contribution in [2.24, 2.45) is 5.92 Å². The van der Waals surface area contributed by atoms with Crippen molar-refractivity contribution in [1.29, 1.82) is 5.26 Å². The molecule has 17 heavy (non-hydrogen) atoms. The largest absolute Gasteiger partial charge is 0.370 e. The van der Waals surface area contributed by atoms with Crippen LogP contribution < -0.4 is 10.2 Å². The molecule has 92 valence electrons. The fraction of sp³-hybridized carbons (Fsp3) is 0.583. The lowest BCUT2D eigenvalue weighted by molar-refractivity contribution is 0.606. The highest BCUT2D eigenvalue weighted by molar-refractivity contribution is 5.51. The van der Waals surface area contributed by atoms with E-state index in [-0.39, 0.29) is 0 Å². The van der Waals surface area contributed by atoms with Crippen LogP contribution in [0.4, 0.5) is 11.6 Å². The Labute approximate surface area is 102 Å². The molecule has 0 saturated carbocycles. The molecular weight excluding hydrogens is 214 g/mol. The van der Waals surface area contributed by atoms with Crippen molar-refractivity contribution >= 4 is 11.6 Å². The molecule has 1 aromatic rings. The zero-order chi connectivity index (χ0) is 12.8. The monoisotopic (exact) mass is 233 g/mol. The molecule has 1 rings (SSSR count). The molecule has 0 aromatic carbocycles. The van der Waals surface area contributed by atoms with E-state index in [0.717, 1.165) is 18.8 Å². The molecule has 1 aromatic heterocycles. The van der Waals surface area contributed by atoms with Crippen LogP contribution in [0.25, 0.3) is 0 Å². The minimum Gasteiger partial charge on any atom is -0.370 e. The van der Waals surface area contributed by atoms with Crippen LogP contribution in [0.2, 0.25) is 0 Å². The number of rotatable bonds is 5. The smallest absolute Gasteiger partial charge is 0.185 e. The quantitative estimate of drug-likeness (QED) is 0.623. The summed E-state index contributed by atoms with van der Waals surface area (Å²) in [6, 6.07) is 1.79. The van der Waals surface area contributed by atoms with Gasteiger partial charge in [-0.15, -0.1) is 0 Å². The van der Waals surface area contributed by atoms with Gasteiger partial charge < -0.3 is 5.32 Å². The number of nitriles is 1. The van der Waals surface area contributed by atoms with Crippen LogP contribution in [0.1, 0.15) is 26.1 Å². The predicted octanol–water partition coefficient (Wildman–Crippen LogP) is 2.16. The van der Waals surface area contributed by atoms with Crippen LogP contribution in [-0.4, -0.2) is 23.6 Å². The molecule has 0 bridgehead atoms. The summed E-state index contributed by atoms with van der Waals surface area (Å²) in [5.41, 5.74) is 0. The van der Waals surface area contributed by atoms with Crippen molar-refractivity contribution < 1.29 is 0 Å². The van der Waals surface area contributed by atoms with Crippen LogP contribution in [0.15, 0.2) is 6.07 Å². The zero-order valence-corrected chi connectivity index (χ0v) is 10.9. The molecule has 5 nitrogen and oxygen atoms in total. The average Bonchev–Trinajstić information content (AvgIpc) is 2.26. The van der Waals surface area contributed by atoms with E-state index in [2.05, 4.69) is 29.1 Å². The Kier molecular flexibility index (Phi) is 4.70. The summed E-state index contributed by atoms with van der Waals surface area (Å²) >= 11 is 0. The highest BCUT2D eigenvalue weighted by Gasteiger charge is 2.05. The van der Waals surface area contributed by atoms with Crippen molar-refractivity contribution in [2.45, 2.75) is 27.2 Å². The summed E-state index contributed by atoms with van der Waals surface area (Å²) < 4.78 is 0. The molecule has 0 unspecified atom stereocenters. The van der Waals surface area contributed by atoms with Crippen LogP contribution in [0.3, 0.4) is 0 Å². The fourth-order valence-corrected chi connectivity index (χ4v) is 1.35. The van der Waals surface area contributed by atoms with Crippen LogP contribution in [-0.2, 0) is 0 Å². The average molecular weight is 233 g/mol. The maximum absolute atomic E-state index is 8.81. The summed E-state index contributed by atoms with van der Waals surface area (Å²) in [5, 5.41) is 12.1. The summed E-state index contributed by atoms with van der Waals surface area (Å²) in [6.45, 7) is 7.07. The van der Waals surface area contributed by atoms with E-state index in [9.17, 15) is 0 Å². The Hall–Kier alpha value is -1.83. The van der Waals surface area contributed by atoms with Gasteiger partial charge in [-0.1, -0.05) is 13.8 Å². The van der Waals surface area contributed by atoms with Gasteiger partial charge in [0, 0.05) is 19.7 Å². The number of anilines is 2. The maximum atomic E-state index is 8.81. The second-order valence-electron chi connectivity index (χ2n) is 4.43. The van der Waals surface area contributed by atoms with Gasteiger partial charge in [0.1, 0.15) is 17.5 Å². The molecule has 0 radical (unpaired) electrons. The van der Waals surface area contributed by atoms with Crippen molar-refractivity contribution in [3.63, 3.8) is 0 Å². The maximum Gasteiger partial charge on any atom is 0.185 e. The molecule has 0 atom stereocenters. The van der Waals surface area contributed by atoms with Crippen molar-refractivity contribution in [2.75, 3.05) is 23.8 Å². The van der Waals surface area contributed by atoms with E-state index in [1.807, 2.05) is 13.1 Å². The zero-order valence-electron chi connectivity index (χ0n) is 10.9. The number of aromatic nitrogens is 2. The van der Waals surface area contributed by atoms with Gasteiger partial charge in [-0.2, -0.15) is 5.26 Å². The van der Waals surface area contributed by atoms with Crippen molar-refractivity contribution in [3.05, 3.63) is 11.9 Å². The first-order valence-electron chi connectivity index (χ1n) is 5.76. The molecule has 1 heterocycles. The predicted molar refractivity (Wildman–Crippen MR) is 68.7 cm³/mol. The van der Waals surface area contributed by atoms with Crippen molar-refractivity contribution in [1.82, 2.24) is 9.97 Å². The van der Waals surface area contributed by atoms with Gasteiger partial charge in [0.2, 0.25) is 0 Å². The normalized spacial score (nSPS) is 10.1. The van der Waals surface area contributed by atoms with Gasteiger partial charge in [-0.3, -0.25) is 4.90 Å². The van der Waals surface area contributed by atoms with Gasteiger partial charge in [-0.25, -0.2) is 9.97 Å². The standard InChI is InChI=1S/C12H19N5/c1-9(2)5-6-14-11-7-12(17(4)8-13)16-10(3)15-11/h7,9H,5-6H2,1-4H3,(H,14,15,16). The molecule has 0 spiro atoms. The van der Waals surface area contributed by atoms with E-state index >= 15 is 0 Å². The van der Waals surface area contributed by atoms with E-state index in [4.69, 9.17) is 5.26 Å². The third-order valence-corrected chi connectivity index (χ3v) is 2.35. The lowest BCUT2D eigenvalue weighted by Crippen LogP contribution is -2.13. The lowest BCUT2D eigenvalue weighted by Gasteiger charge is -2.12. The van der Waals surface area contributed by atoms with Crippen LogP contribution in [0, 0.1) is 24.3 Å². The molecule has 0 amide bonds. The second kappa shape index (κ2) is 6.04.